The van der Waals surface area contributed by atoms with Crippen molar-refractivity contribution in [2.45, 2.75) is 20.3 Å². The molecule has 2 rings (SSSR count). The second kappa shape index (κ2) is 8.30. The first kappa shape index (κ1) is 17.0. The number of hydrogen-bond acceptors (Lipinski definition) is 4. The van der Waals surface area contributed by atoms with Gasteiger partial charge in [-0.05, 0) is 41.6 Å². The number of rotatable bonds is 8. The minimum atomic E-state index is -3.31. The van der Waals surface area contributed by atoms with Gasteiger partial charge in [-0.3, -0.25) is 0 Å². The zero-order chi connectivity index (χ0) is 15.8. The first-order chi connectivity index (χ1) is 10.6. The first-order valence-corrected chi connectivity index (χ1v) is 10.5. The molecule has 0 aromatic heterocycles. The van der Waals surface area contributed by atoms with E-state index < -0.39 is 6.80 Å². The van der Waals surface area contributed by atoms with Gasteiger partial charge < -0.3 is 9.05 Å². The summed E-state index contributed by atoms with van der Waals surface area (Å²) in [7, 11) is 0. The SMILES string of the molecule is CCC(C)CSP(=O)(Oc1ccccc1)Oc1ccccc1. The van der Waals surface area contributed by atoms with Crippen LogP contribution >= 0.6 is 18.2 Å². The Balaban J connectivity index is 2.14. The van der Waals surface area contributed by atoms with Crippen LogP contribution in [0.25, 0.3) is 0 Å². The predicted octanol–water partition coefficient (Wildman–Crippen LogP) is 6.03. The van der Waals surface area contributed by atoms with Gasteiger partial charge in [0, 0.05) is 5.75 Å². The summed E-state index contributed by atoms with van der Waals surface area (Å²) >= 11 is 1.26. The highest BCUT2D eigenvalue weighted by Crippen LogP contribution is 2.60. The molecule has 5 heteroatoms. The maximum absolute atomic E-state index is 13.1. The van der Waals surface area contributed by atoms with Gasteiger partial charge in [-0.2, -0.15) is 0 Å². The Labute approximate surface area is 136 Å². The lowest BCUT2D eigenvalue weighted by Gasteiger charge is -2.20. The van der Waals surface area contributed by atoms with E-state index in [4.69, 9.17) is 9.05 Å². The van der Waals surface area contributed by atoms with Crippen molar-refractivity contribution in [1.29, 1.82) is 0 Å². The van der Waals surface area contributed by atoms with Crippen LogP contribution in [-0.2, 0) is 4.57 Å². The zero-order valence-electron chi connectivity index (χ0n) is 12.8. The van der Waals surface area contributed by atoms with Crippen LogP contribution in [0.5, 0.6) is 11.5 Å². The Hall–Kier alpha value is -1.38. The molecule has 0 saturated heterocycles. The average molecular weight is 336 g/mol. The lowest BCUT2D eigenvalue weighted by atomic mass is 10.2. The van der Waals surface area contributed by atoms with Crippen LogP contribution < -0.4 is 9.05 Å². The lowest BCUT2D eigenvalue weighted by Crippen LogP contribution is -2.02. The summed E-state index contributed by atoms with van der Waals surface area (Å²) in [4.78, 5) is 0. The Morgan fingerprint density at radius 3 is 1.82 bits per heavy atom. The van der Waals surface area contributed by atoms with Gasteiger partial charge >= 0.3 is 6.80 Å². The zero-order valence-corrected chi connectivity index (χ0v) is 14.6. The minimum absolute atomic E-state index is 0.456. The maximum Gasteiger partial charge on any atom is 0.492 e. The standard InChI is InChI=1S/C17H21O3PS/c1-3-15(2)14-22-21(18,19-16-10-6-4-7-11-16)20-17-12-8-5-9-13-17/h4-13,15H,3,14H2,1-2H3. The lowest BCUT2D eigenvalue weighted by molar-refractivity contribution is 0.408. The number of para-hydroxylation sites is 2. The van der Waals surface area contributed by atoms with Crippen molar-refractivity contribution in [1.82, 2.24) is 0 Å². The average Bonchev–Trinajstić information content (AvgIpc) is 2.54. The van der Waals surface area contributed by atoms with Crippen LogP contribution in [0.15, 0.2) is 60.7 Å². The molecule has 0 amide bonds. The molecular formula is C17H21O3PS. The van der Waals surface area contributed by atoms with E-state index in [1.54, 1.807) is 24.3 Å². The monoisotopic (exact) mass is 336 g/mol. The van der Waals surface area contributed by atoms with E-state index >= 15 is 0 Å². The van der Waals surface area contributed by atoms with Crippen LogP contribution in [0.4, 0.5) is 0 Å². The van der Waals surface area contributed by atoms with Gasteiger partial charge in [-0.1, -0.05) is 56.7 Å². The fraction of sp³-hybridized carbons (Fsp3) is 0.294. The van der Waals surface area contributed by atoms with E-state index in [1.165, 1.54) is 11.4 Å². The molecule has 118 valence electrons. The van der Waals surface area contributed by atoms with Crippen molar-refractivity contribution in [3.05, 3.63) is 60.7 Å². The maximum atomic E-state index is 13.1. The molecule has 0 spiro atoms. The third-order valence-corrected chi connectivity index (χ3v) is 6.88. The molecule has 0 radical (unpaired) electrons. The molecule has 0 heterocycles. The minimum Gasteiger partial charge on any atom is -0.408 e. The van der Waals surface area contributed by atoms with E-state index in [1.807, 2.05) is 36.4 Å². The smallest absolute Gasteiger partial charge is 0.408 e. The fourth-order valence-corrected chi connectivity index (χ4v) is 5.35. The molecule has 22 heavy (non-hydrogen) atoms. The summed E-state index contributed by atoms with van der Waals surface area (Å²) in [6.45, 7) is 0.931. The molecule has 3 nitrogen and oxygen atoms in total. The molecule has 0 fully saturated rings. The molecule has 0 bridgehead atoms. The molecule has 0 aliphatic carbocycles. The summed E-state index contributed by atoms with van der Waals surface area (Å²) in [5.41, 5.74) is 0. The number of hydrogen-bond donors (Lipinski definition) is 0. The largest absolute Gasteiger partial charge is 0.492 e. The van der Waals surface area contributed by atoms with Gasteiger partial charge in [0.2, 0.25) is 0 Å². The van der Waals surface area contributed by atoms with Gasteiger partial charge in [0.25, 0.3) is 0 Å². The van der Waals surface area contributed by atoms with Gasteiger partial charge in [-0.25, -0.2) is 4.57 Å². The van der Waals surface area contributed by atoms with Crippen LogP contribution in [0.1, 0.15) is 20.3 Å². The van der Waals surface area contributed by atoms with Crippen molar-refractivity contribution < 1.29 is 13.6 Å². The third kappa shape index (κ3) is 5.43. The van der Waals surface area contributed by atoms with E-state index in [0.717, 1.165) is 12.2 Å². The van der Waals surface area contributed by atoms with E-state index in [9.17, 15) is 4.57 Å². The number of benzene rings is 2. The Morgan fingerprint density at radius 2 is 1.41 bits per heavy atom. The van der Waals surface area contributed by atoms with E-state index in [-0.39, 0.29) is 0 Å². The Kier molecular flexibility index (Phi) is 6.41. The topological polar surface area (TPSA) is 35.5 Å². The highest BCUT2D eigenvalue weighted by atomic mass is 32.7. The van der Waals surface area contributed by atoms with Crippen LogP contribution in [-0.4, -0.2) is 5.75 Å². The van der Waals surface area contributed by atoms with Crippen LogP contribution in [0, 0.1) is 5.92 Å². The summed E-state index contributed by atoms with van der Waals surface area (Å²) in [5, 5.41) is 0. The molecule has 2 aromatic carbocycles. The van der Waals surface area contributed by atoms with Gasteiger partial charge in [0.1, 0.15) is 11.5 Å². The third-order valence-electron chi connectivity index (χ3n) is 3.13. The summed E-state index contributed by atoms with van der Waals surface area (Å²) < 4.78 is 24.5. The highest BCUT2D eigenvalue weighted by Gasteiger charge is 2.30. The van der Waals surface area contributed by atoms with Crippen molar-refractivity contribution >= 4 is 18.2 Å². The Morgan fingerprint density at radius 1 is 0.955 bits per heavy atom. The molecule has 1 unspecified atom stereocenters. The summed E-state index contributed by atoms with van der Waals surface area (Å²) in [6.07, 6.45) is 1.03. The molecule has 0 N–H and O–H groups in total. The molecular weight excluding hydrogens is 315 g/mol. The highest BCUT2D eigenvalue weighted by molar-refractivity contribution is 8.55. The molecule has 0 aliphatic heterocycles. The fourth-order valence-electron chi connectivity index (χ4n) is 1.63. The second-order valence-corrected chi connectivity index (χ2v) is 9.03. The van der Waals surface area contributed by atoms with Crippen molar-refractivity contribution in [3.63, 3.8) is 0 Å². The van der Waals surface area contributed by atoms with Crippen LogP contribution in [0.3, 0.4) is 0 Å². The summed E-state index contributed by atoms with van der Waals surface area (Å²) in [6, 6.07) is 18.3. The normalized spacial score (nSPS) is 12.6. The van der Waals surface area contributed by atoms with Crippen molar-refractivity contribution in [2.24, 2.45) is 5.92 Å². The van der Waals surface area contributed by atoms with E-state index in [2.05, 4.69) is 13.8 Å². The Bertz CT molecular complexity index is 558. The van der Waals surface area contributed by atoms with Gasteiger partial charge in [0.15, 0.2) is 0 Å². The van der Waals surface area contributed by atoms with E-state index in [0.29, 0.717) is 17.4 Å². The molecule has 1 atom stereocenters. The second-order valence-electron chi connectivity index (χ2n) is 5.07. The molecule has 0 saturated carbocycles. The molecule has 0 aliphatic rings. The molecule has 2 aromatic rings. The van der Waals surface area contributed by atoms with Crippen molar-refractivity contribution in [3.8, 4) is 11.5 Å². The first-order valence-electron chi connectivity index (χ1n) is 7.35. The quantitative estimate of drug-likeness (QED) is 0.551. The van der Waals surface area contributed by atoms with Gasteiger partial charge in [0.05, 0.1) is 0 Å². The van der Waals surface area contributed by atoms with Gasteiger partial charge in [-0.15, -0.1) is 0 Å². The predicted molar refractivity (Wildman–Crippen MR) is 93.7 cm³/mol. The van der Waals surface area contributed by atoms with Crippen LogP contribution in [0.2, 0.25) is 0 Å². The summed E-state index contributed by atoms with van der Waals surface area (Å²) in [5.74, 6) is 2.29. The van der Waals surface area contributed by atoms with Crippen molar-refractivity contribution in [2.75, 3.05) is 5.75 Å².